The van der Waals surface area contributed by atoms with Gasteiger partial charge >= 0.3 is 11.9 Å². The maximum absolute atomic E-state index is 11.5. The number of aryl methyl sites for hydroxylation is 1. The Kier molecular flexibility index (Phi) is 3.99. The van der Waals surface area contributed by atoms with Gasteiger partial charge in [-0.2, -0.15) is 0 Å². The first-order valence-corrected chi connectivity index (χ1v) is 4.86. The number of pyridine rings is 1. The molecule has 0 fully saturated rings. The summed E-state index contributed by atoms with van der Waals surface area (Å²) in [5.41, 5.74) is 0.843. The molecule has 0 atom stereocenters. The van der Waals surface area contributed by atoms with Crippen LogP contribution in [0.5, 0.6) is 5.75 Å². The molecule has 5 heteroatoms. The minimum Gasteiger partial charge on any atom is -0.462 e. The van der Waals surface area contributed by atoms with Crippen LogP contribution < -0.4 is 4.74 Å². The second-order valence-electron chi connectivity index (χ2n) is 3.12. The van der Waals surface area contributed by atoms with Crippen LogP contribution in [0.4, 0.5) is 0 Å². The van der Waals surface area contributed by atoms with Crippen molar-refractivity contribution in [3.8, 4) is 5.75 Å². The van der Waals surface area contributed by atoms with Crippen molar-refractivity contribution in [2.45, 2.75) is 20.8 Å². The monoisotopic (exact) mass is 223 g/mol. The zero-order valence-electron chi connectivity index (χ0n) is 9.44. The van der Waals surface area contributed by atoms with E-state index in [-0.39, 0.29) is 12.4 Å². The van der Waals surface area contributed by atoms with Gasteiger partial charge in [0.15, 0.2) is 0 Å². The third-order valence-electron chi connectivity index (χ3n) is 1.82. The van der Waals surface area contributed by atoms with E-state index >= 15 is 0 Å². The van der Waals surface area contributed by atoms with E-state index in [9.17, 15) is 9.59 Å². The summed E-state index contributed by atoms with van der Waals surface area (Å²) in [5.74, 6) is -0.692. The first kappa shape index (κ1) is 12.2. The van der Waals surface area contributed by atoms with E-state index in [1.54, 1.807) is 13.8 Å². The molecular formula is C11H13NO4. The van der Waals surface area contributed by atoms with Crippen molar-refractivity contribution in [1.82, 2.24) is 4.98 Å². The van der Waals surface area contributed by atoms with Crippen molar-refractivity contribution in [1.29, 1.82) is 0 Å². The van der Waals surface area contributed by atoms with Crippen LogP contribution in [0.15, 0.2) is 12.3 Å². The van der Waals surface area contributed by atoms with Gasteiger partial charge in [-0.05, 0) is 19.9 Å². The van der Waals surface area contributed by atoms with Gasteiger partial charge in [0.25, 0.3) is 0 Å². The van der Waals surface area contributed by atoms with Crippen molar-refractivity contribution in [2.24, 2.45) is 0 Å². The molecule has 5 nitrogen and oxygen atoms in total. The average Bonchev–Trinajstić information content (AvgIpc) is 2.20. The molecule has 0 amide bonds. The molecule has 0 aliphatic heterocycles. The van der Waals surface area contributed by atoms with Gasteiger partial charge in [0.1, 0.15) is 5.75 Å². The Morgan fingerprint density at radius 1 is 1.44 bits per heavy atom. The first-order valence-electron chi connectivity index (χ1n) is 4.86. The highest BCUT2D eigenvalue weighted by molar-refractivity contribution is 5.91. The molecule has 0 unspecified atom stereocenters. The molecule has 1 heterocycles. The number of hydrogen-bond acceptors (Lipinski definition) is 5. The van der Waals surface area contributed by atoms with E-state index < -0.39 is 11.9 Å². The molecular weight excluding hydrogens is 210 g/mol. The molecule has 0 N–H and O–H groups in total. The highest BCUT2D eigenvalue weighted by atomic mass is 16.5. The van der Waals surface area contributed by atoms with Crippen LogP contribution >= 0.6 is 0 Å². The Balaban J connectivity index is 2.98. The lowest BCUT2D eigenvalue weighted by molar-refractivity contribution is -0.131. The standard InChI is InChI=1S/C11H13NO4/c1-4-15-11(14)10-5-9(16-8(3)13)6-12-7(10)2/h5-6H,4H2,1-3H3. The number of rotatable bonds is 3. The van der Waals surface area contributed by atoms with Crippen LogP contribution in [-0.2, 0) is 9.53 Å². The molecule has 0 radical (unpaired) electrons. The van der Waals surface area contributed by atoms with E-state index in [0.717, 1.165) is 0 Å². The number of carbonyl (C=O) groups is 2. The van der Waals surface area contributed by atoms with Gasteiger partial charge in [-0.25, -0.2) is 4.79 Å². The third-order valence-corrected chi connectivity index (χ3v) is 1.82. The van der Waals surface area contributed by atoms with Crippen LogP contribution in [0.25, 0.3) is 0 Å². The molecule has 1 aromatic heterocycles. The minimum atomic E-state index is -0.471. The van der Waals surface area contributed by atoms with Gasteiger partial charge in [-0.3, -0.25) is 9.78 Å². The minimum absolute atomic E-state index is 0.237. The Morgan fingerprint density at radius 2 is 2.12 bits per heavy atom. The SMILES string of the molecule is CCOC(=O)c1cc(OC(C)=O)cnc1C. The molecule has 1 aromatic rings. The number of aromatic nitrogens is 1. The fraction of sp³-hybridized carbons (Fsp3) is 0.364. The third kappa shape index (κ3) is 3.05. The van der Waals surface area contributed by atoms with Crippen molar-refractivity contribution in [2.75, 3.05) is 6.61 Å². The zero-order chi connectivity index (χ0) is 12.1. The predicted octanol–water partition coefficient (Wildman–Crippen LogP) is 1.49. The molecule has 0 aromatic carbocycles. The highest BCUT2D eigenvalue weighted by Crippen LogP contribution is 2.15. The lowest BCUT2D eigenvalue weighted by Gasteiger charge is -2.06. The highest BCUT2D eigenvalue weighted by Gasteiger charge is 2.13. The fourth-order valence-electron chi connectivity index (χ4n) is 1.15. The number of nitrogens with zero attached hydrogens (tertiary/aromatic N) is 1. The quantitative estimate of drug-likeness (QED) is 0.726. The predicted molar refractivity (Wildman–Crippen MR) is 56.2 cm³/mol. The van der Waals surface area contributed by atoms with E-state index in [1.807, 2.05) is 0 Å². The molecule has 0 spiro atoms. The average molecular weight is 223 g/mol. The van der Waals surface area contributed by atoms with Gasteiger partial charge in [-0.1, -0.05) is 0 Å². The number of carbonyl (C=O) groups excluding carboxylic acids is 2. The van der Waals surface area contributed by atoms with Crippen LogP contribution in [-0.4, -0.2) is 23.5 Å². The largest absolute Gasteiger partial charge is 0.462 e. The molecule has 0 aliphatic carbocycles. The summed E-state index contributed by atoms with van der Waals surface area (Å²) in [5, 5.41) is 0. The second kappa shape index (κ2) is 5.25. The van der Waals surface area contributed by atoms with E-state index in [4.69, 9.17) is 9.47 Å². The van der Waals surface area contributed by atoms with Crippen LogP contribution in [0.3, 0.4) is 0 Å². The van der Waals surface area contributed by atoms with E-state index in [0.29, 0.717) is 11.3 Å². The number of ether oxygens (including phenoxy) is 2. The molecule has 0 aliphatic rings. The van der Waals surface area contributed by atoms with Gasteiger partial charge in [0.2, 0.25) is 0 Å². The summed E-state index contributed by atoms with van der Waals surface area (Å²) < 4.78 is 9.68. The van der Waals surface area contributed by atoms with Crippen molar-refractivity contribution >= 4 is 11.9 Å². The van der Waals surface area contributed by atoms with Gasteiger partial charge in [0.05, 0.1) is 24.1 Å². The first-order chi connectivity index (χ1) is 7.54. The summed E-state index contributed by atoms with van der Waals surface area (Å²) in [7, 11) is 0. The summed E-state index contributed by atoms with van der Waals surface area (Å²) in [6, 6.07) is 1.45. The summed E-state index contributed by atoms with van der Waals surface area (Å²) in [4.78, 5) is 26.2. The van der Waals surface area contributed by atoms with Crippen LogP contribution in [0, 0.1) is 6.92 Å². The van der Waals surface area contributed by atoms with Crippen molar-refractivity contribution < 1.29 is 19.1 Å². The Bertz CT molecular complexity index is 414. The maximum Gasteiger partial charge on any atom is 0.340 e. The summed E-state index contributed by atoms with van der Waals surface area (Å²) in [6.45, 7) is 4.97. The van der Waals surface area contributed by atoms with Crippen molar-refractivity contribution in [3.63, 3.8) is 0 Å². The van der Waals surface area contributed by atoms with Crippen LogP contribution in [0.2, 0.25) is 0 Å². The zero-order valence-corrected chi connectivity index (χ0v) is 9.44. The number of hydrogen-bond donors (Lipinski definition) is 0. The van der Waals surface area contributed by atoms with Gasteiger partial charge in [-0.15, -0.1) is 0 Å². The second-order valence-corrected chi connectivity index (χ2v) is 3.12. The van der Waals surface area contributed by atoms with E-state index in [2.05, 4.69) is 4.98 Å². The Labute approximate surface area is 93.4 Å². The number of esters is 2. The molecule has 0 saturated heterocycles. The Morgan fingerprint density at radius 3 is 2.69 bits per heavy atom. The lowest BCUT2D eigenvalue weighted by Crippen LogP contribution is -2.09. The fourth-order valence-corrected chi connectivity index (χ4v) is 1.15. The van der Waals surface area contributed by atoms with E-state index in [1.165, 1.54) is 19.2 Å². The molecule has 0 saturated carbocycles. The summed E-state index contributed by atoms with van der Waals surface area (Å²) in [6.07, 6.45) is 1.39. The van der Waals surface area contributed by atoms with Crippen LogP contribution in [0.1, 0.15) is 29.9 Å². The smallest absolute Gasteiger partial charge is 0.340 e. The topological polar surface area (TPSA) is 65.5 Å². The normalized spacial score (nSPS) is 9.69. The molecule has 0 bridgehead atoms. The van der Waals surface area contributed by atoms with Gasteiger partial charge < -0.3 is 9.47 Å². The summed E-state index contributed by atoms with van der Waals surface area (Å²) >= 11 is 0. The van der Waals surface area contributed by atoms with Gasteiger partial charge in [0, 0.05) is 6.92 Å². The lowest BCUT2D eigenvalue weighted by atomic mass is 10.2. The Hall–Kier alpha value is -1.91. The molecule has 1 rings (SSSR count). The molecule has 16 heavy (non-hydrogen) atoms. The van der Waals surface area contributed by atoms with Crippen molar-refractivity contribution in [3.05, 3.63) is 23.5 Å². The maximum atomic E-state index is 11.5. The molecule has 86 valence electrons.